The molecular weight excluding hydrogens is 304 g/mol. The first kappa shape index (κ1) is 18.4. The van der Waals surface area contributed by atoms with Crippen molar-refractivity contribution in [2.45, 2.75) is 77.2 Å². The van der Waals surface area contributed by atoms with Gasteiger partial charge in [-0.15, -0.1) is 0 Å². The monoisotopic (exact) mass is 330 g/mol. The van der Waals surface area contributed by atoms with Crippen molar-refractivity contribution in [1.29, 1.82) is 0 Å². The van der Waals surface area contributed by atoms with Gasteiger partial charge in [0.05, 0.1) is 12.2 Å². The van der Waals surface area contributed by atoms with Crippen LogP contribution in [0.1, 0.15) is 41.0 Å². The van der Waals surface area contributed by atoms with Crippen LogP contribution in [0.15, 0.2) is 12.2 Å². The molecule has 2 saturated heterocycles. The Kier molecular flexibility index (Phi) is 5.18. The predicted molar refractivity (Wildman–Crippen MR) is 80.3 cm³/mol. The zero-order valence-electron chi connectivity index (χ0n) is 14.3. The third-order valence-electron chi connectivity index (χ3n) is 3.46. The van der Waals surface area contributed by atoms with Gasteiger partial charge in [0.1, 0.15) is 12.7 Å². The lowest BCUT2D eigenvalue weighted by Crippen LogP contribution is -2.51. The second kappa shape index (κ2) is 6.49. The zero-order chi connectivity index (χ0) is 17.4. The molecule has 2 aliphatic heterocycles. The van der Waals surface area contributed by atoms with Gasteiger partial charge in [-0.25, -0.2) is 4.79 Å². The molecule has 2 fully saturated rings. The second-order valence-electron chi connectivity index (χ2n) is 6.94. The molecule has 1 N–H and O–H groups in total. The van der Waals surface area contributed by atoms with Crippen LogP contribution >= 0.6 is 0 Å². The standard InChI is InChI=1S/C16H26O7/c1-9(2)13(17)19-8-10-7-11(21-15(3,4)18)12-14(20-10)23-16(5,6)22-12/h10-12,14,18H,1,7-8H2,2-6H3/t10-,11-,12?,14?/m0/s1. The molecule has 0 aliphatic carbocycles. The third kappa shape index (κ3) is 4.99. The highest BCUT2D eigenvalue weighted by Crippen LogP contribution is 2.38. The summed E-state index contributed by atoms with van der Waals surface area (Å²) >= 11 is 0. The fourth-order valence-electron chi connectivity index (χ4n) is 2.64. The second-order valence-corrected chi connectivity index (χ2v) is 6.94. The Morgan fingerprint density at radius 3 is 2.61 bits per heavy atom. The fraction of sp³-hybridized carbons (Fsp3) is 0.812. The lowest BCUT2D eigenvalue weighted by Gasteiger charge is -2.38. The quantitative estimate of drug-likeness (QED) is 0.464. The maximum atomic E-state index is 11.5. The Morgan fingerprint density at radius 1 is 1.39 bits per heavy atom. The first-order chi connectivity index (χ1) is 10.5. The van der Waals surface area contributed by atoms with Crippen LogP contribution in [0.3, 0.4) is 0 Å². The van der Waals surface area contributed by atoms with E-state index in [1.807, 2.05) is 0 Å². The van der Waals surface area contributed by atoms with Gasteiger partial charge in [0, 0.05) is 12.0 Å². The number of esters is 1. The van der Waals surface area contributed by atoms with Crippen LogP contribution in [-0.4, -0.2) is 53.9 Å². The predicted octanol–water partition coefficient (Wildman–Crippen LogP) is 1.49. The van der Waals surface area contributed by atoms with Gasteiger partial charge in [-0.05, 0) is 34.6 Å². The summed E-state index contributed by atoms with van der Waals surface area (Å²) in [5.74, 6) is -2.60. The minimum atomic E-state index is -1.32. The zero-order valence-corrected chi connectivity index (χ0v) is 14.3. The van der Waals surface area contributed by atoms with Crippen molar-refractivity contribution in [2.75, 3.05) is 6.61 Å². The molecule has 7 heteroatoms. The molecule has 0 saturated carbocycles. The molecule has 2 aliphatic rings. The molecule has 2 heterocycles. The highest BCUT2D eigenvalue weighted by molar-refractivity contribution is 5.86. The number of aliphatic hydroxyl groups is 1. The molecule has 2 unspecified atom stereocenters. The molecule has 2 rings (SSSR count). The van der Waals surface area contributed by atoms with Crippen LogP contribution in [-0.2, 0) is 28.5 Å². The van der Waals surface area contributed by atoms with Gasteiger partial charge in [0.25, 0.3) is 0 Å². The molecule has 7 nitrogen and oxygen atoms in total. The van der Waals surface area contributed by atoms with E-state index < -0.39 is 42.1 Å². The summed E-state index contributed by atoms with van der Waals surface area (Å²) in [5, 5.41) is 9.94. The molecule has 4 atom stereocenters. The molecule has 0 bridgehead atoms. The smallest absolute Gasteiger partial charge is 0.333 e. The molecule has 0 spiro atoms. The number of carbonyl (C=O) groups is 1. The van der Waals surface area contributed by atoms with Gasteiger partial charge in [-0.2, -0.15) is 0 Å². The minimum Gasteiger partial charge on any atom is -0.460 e. The summed E-state index contributed by atoms with van der Waals surface area (Å²) in [6.45, 7) is 11.8. The van der Waals surface area contributed by atoms with Crippen LogP contribution in [0.5, 0.6) is 0 Å². The van der Waals surface area contributed by atoms with Crippen LogP contribution in [0.4, 0.5) is 0 Å². The summed E-state index contributed by atoms with van der Waals surface area (Å²) < 4.78 is 28.2. The van der Waals surface area contributed by atoms with Crippen LogP contribution in [0.25, 0.3) is 0 Å². The first-order valence-corrected chi connectivity index (χ1v) is 7.71. The Hall–Kier alpha value is -0.990. The maximum absolute atomic E-state index is 11.5. The number of hydrogen-bond acceptors (Lipinski definition) is 7. The highest BCUT2D eigenvalue weighted by atomic mass is 16.8. The van der Waals surface area contributed by atoms with Crippen LogP contribution in [0, 0.1) is 0 Å². The van der Waals surface area contributed by atoms with E-state index in [2.05, 4.69) is 6.58 Å². The van der Waals surface area contributed by atoms with E-state index in [0.717, 1.165) is 0 Å². The normalized spacial score (nSPS) is 33.1. The first-order valence-electron chi connectivity index (χ1n) is 7.71. The summed E-state index contributed by atoms with van der Waals surface area (Å²) in [4.78, 5) is 11.5. The highest BCUT2D eigenvalue weighted by Gasteiger charge is 2.52. The van der Waals surface area contributed by atoms with Crippen molar-refractivity contribution in [2.24, 2.45) is 0 Å². The maximum Gasteiger partial charge on any atom is 0.333 e. The summed E-state index contributed by atoms with van der Waals surface area (Å²) in [5.41, 5.74) is 0.324. The minimum absolute atomic E-state index is 0.0599. The summed E-state index contributed by atoms with van der Waals surface area (Å²) in [6.07, 6.45) is -1.54. The van der Waals surface area contributed by atoms with Gasteiger partial charge < -0.3 is 28.8 Å². The van der Waals surface area contributed by atoms with Crippen LogP contribution in [0.2, 0.25) is 0 Å². The van der Waals surface area contributed by atoms with Crippen molar-refractivity contribution in [3.05, 3.63) is 12.2 Å². The van der Waals surface area contributed by atoms with Crippen molar-refractivity contribution in [3.63, 3.8) is 0 Å². The number of ether oxygens (including phenoxy) is 5. The third-order valence-corrected chi connectivity index (χ3v) is 3.46. The lowest BCUT2D eigenvalue weighted by molar-refractivity contribution is -0.275. The van der Waals surface area contributed by atoms with Crippen molar-refractivity contribution in [1.82, 2.24) is 0 Å². The molecule has 0 aromatic carbocycles. The van der Waals surface area contributed by atoms with Gasteiger partial charge in [-0.3, -0.25) is 0 Å². The largest absolute Gasteiger partial charge is 0.460 e. The van der Waals surface area contributed by atoms with E-state index in [1.165, 1.54) is 0 Å². The van der Waals surface area contributed by atoms with E-state index in [9.17, 15) is 9.90 Å². The van der Waals surface area contributed by atoms with Gasteiger partial charge >= 0.3 is 5.97 Å². The topological polar surface area (TPSA) is 83.5 Å². The molecule has 0 aromatic rings. The van der Waals surface area contributed by atoms with Crippen molar-refractivity contribution in [3.8, 4) is 0 Å². The Balaban J connectivity index is 2.04. The SMILES string of the molecule is C=C(C)C(=O)OC[C@@H]1C[C@H](OC(C)(C)O)C2OC(C)(C)OC2O1. The molecule has 0 aromatic heterocycles. The number of rotatable bonds is 5. The molecule has 0 radical (unpaired) electrons. The summed E-state index contributed by atoms with van der Waals surface area (Å²) in [7, 11) is 0. The summed E-state index contributed by atoms with van der Waals surface area (Å²) in [6, 6.07) is 0. The molecule has 0 amide bonds. The van der Waals surface area contributed by atoms with E-state index in [1.54, 1.807) is 34.6 Å². The van der Waals surface area contributed by atoms with E-state index >= 15 is 0 Å². The van der Waals surface area contributed by atoms with E-state index in [-0.39, 0.29) is 6.61 Å². The van der Waals surface area contributed by atoms with Gasteiger partial charge in [0.15, 0.2) is 17.9 Å². The van der Waals surface area contributed by atoms with E-state index in [4.69, 9.17) is 23.7 Å². The number of carbonyl (C=O) groups excluding carboxylic acids is 1. The Labute approximate surface area is 136 Å². The fourth-order valence-corrected chi connectivity index (χ4v) is 2.64. The molecule has 132 valence electrons. The number of fused-ring (bicyclic) bond motifs is 1. The van der Waals surface area contributed by atoms with Crippen molar-refractivity contribution < 1.29 is 33.6 Å². The Bertz CT molecular complexity index is 466. The average molecular weight is 330 g/mol. The van der Waals surface area contributed by atoms with E-state index in [0.29, 0.717) is 12.0 Å². The lowest BCUT2D eigenvalue weighted by atomic mass is 10.0. The number of hydrogen-bond donors (Lipinski definition) is 1. The average Bonchev–Trinajstić information content (AvgIpc) is 2.68. The van der Waals surface area contributed by atoms with Gasteiger partial charge in [0.2, 0.25) is 0 Å². The molecule has 23 heavy (non-hydrogen) atoms. The Morgan fingerprint density at radius 2 is 2.04 bits per heavy atom. The van der Waals surface area contributed by atoms with Gasteiger partial charge in [-0.1, -0.05) is 6.58 Å². The van der Waals surface area contributed by atoms with Crippen molar-refractivity contribution >= 4 is 5.97 Å². The van der Waals surface area contributed by atoms with Crippen LogP contribution < -0.4 is 0 Å². The molecular formula is C16H26O7.